The van der Waals surface area contributed by atoms with Crippen LogP contribution in [0.3, 0.4) is 0 Å². The van der Waals surface area contributed by atoms with Crippen LogP contribution in [0.1, 0.15) is 25.3 Å². The Balaban J connectivity index is 1.71. The summed E-state index contributed by atoms with van der Waals surface area (Å²) in [6.07, 6.45) is 5.25. The Hall–Kier alpha value is -2.01. The molecular weight excluding hydrogens is 282 g/mol. The summed E-state index contributed by atoms with van der Waals surface area (Å²) < 4.78 is 11.8. The summed E-state index contributed by atoms with van der Waals surface area (Å²) in [5.41, 5.74) is 0.717. The van der Waals surface area contributed by atoms with Gasteiger partial charge in [-0.1, -0.05) is 6.08 Å². The highest BCUT2D eigenvalue weighted by atomic mass is 16.5. The molecule has 1 aromatic rings. The Morgan fingerprint density at radius 2 is 2.36 bits per heavy atom. The Morgan fingerprint density at radius 3 is 3.14 bits per heavy atom. The number of ether oxygens (including phenoxy) is 2. The molecule has 2 heterocycles. The van der Waals surface area contributed by atoms with Crippen LogP contribution < -0.4 is 9.47 Å². The number of hydrogen-bond donors (Lipinski definition) is 1. The average molecular weight is 303 g/mol. The summed E-state index contributed by atoms with van der Waals surface area (Å²) in [5, 5.41) is 8.80. The molecule has 2 aliphatic rings. The normalized spacial score (nSPS) is 23.3. The lowest BCUT2D eigenvalue weighted by atomic mass is 9.97. The molecule has 1 fully saturated rings. The van der Waals surface area contributed by atoms with Gasteiger partial charge in [0, 0.05) is 37.7 Å². The third kappa shape index (κ3) is 3.09. The number of fused-ring (bicyclic) bond motifs is 1. The fourth-order valence-corrected chi connectivity index (χ4v) is 3.04. The standard InChI is InChI=1S/C17H21NO4/c1-2-21-14-4-3-13-5-7-17(22-15(13)11-14)8-10-18(12-17)9-6-16(19)20/h3-5,7,11H,2,6,8-10,12H2,1H3,(H,19,20). The number of carboxylic acid groups (broad SMARTS) is 1. The summed E-state index contributed by atoms with van der Waals surface area (Å²) in [6, 6.07) is 5.88. The van der Waals surface area contributed by atoms with Gasteiger partial charge in [-0.15, -0.1) is 0 Å². The molecule has 1 aromatic carbocycles. The summed E-state index contributed by atoms with van der Waals surface area (Å²) >= 11 is 0. The monoisotopic (exact) mass is 303 g/mol. The maximum atomic E-state index is 10.7. The Morgan fingerprint density at radius 1 is 1.50 bits per heavy atom. The van der Waals surface area contributed by atoms with Gasteiger partial charge in [0.1, 0.15) is 17.1 Å². The summed E-state index contributed by atoms with van der Waals surface area (Å²) in [5.74, 6) is 0.897. The molecule has 5 heteroatoms. The van der Waals surface area contributed by atoms with Crippen LogP contribution in [0.25, 0.3) is 6.08 Å². The van der Waals surface area contributed by atoms with Crippen molar-refractivity contribution in [2.75, 3.05) is 26.2 Å². The lowest BCUT2D eigenvalue weighted by molar-refractivity contribution is -0.137. The molecule has 22 heavy (non-hydrogen) atoms. The van der Waals surface area contributed by atoms with E-state index < -0.39 is 5.97 Å². The van der Waals surface area contributed by atoms with Crippen LogP contribution in [-0.4, -0.2) is 47.8 Å². The zero-order valence-corrected chi connectivity index (χ0v) is 12.7. The molecule has 1 saturated heterocycles. The average Bonchev–Trinajstić information content (AvgIpc) is 2.88. The first-order valence-corrected chi connectivity index (χ1v) is 7.69. The number of nitrogens with zero attached hydrogens (tertiary/aromatic N) is 1. The molecule has 5 nitrogen and oxygen atoms in total. The van der Waals surface area contributed by atoms with Crippen LogP contribution in [0, 0.1) is 0 Å². The molecule has 0 aromatic heterocycles. The van der Waals surface area contributed by atoms with Crippen LogP contribution in [0.4, 0.5) is 0 Å². The number of hydrogen-bond acceptors (Lipinski definition) is 4. The van der Waals surface area contributed by atoms with Crippen LogP contribution >= 0.6 is 0 Å². The van der Waals surface area contributed by atoms with E-state index in [1.807, 2.05) is 25.1 Å². The first-order chi connectivity index (χ1) is 10.6. The minimum absolute atomic E-state index is 0.171. The molecular formula is C17H21NO4. The molecule has 3 rings (SSSR count). The predicted molar refractivity (Wildman–Crippen MR) is 83.3 cm³/mol. The maximum Gasteiger partial charge on any atom is 0.304 e. The van der Waals surface area contributed by atoms with Crippen molar-refractivity contribution in [2.24, 2.45) is 0 Å². The van der Waals surface area contributed by atoms with Crippen LogP contribution in [-0.2, 0) is 4.79 Å². The van der Waals surface area contributed by atoms with Crippen molar-refractivity contribution in [1.29, 1.82) is 0 Å². The zero-order valence-electron chi connectivity index (χ0n) is 12.7. The van der Waals surface area contributed by atoms with Gasteiger partial charge in [-0.05, 0) is 25.1 Å². The molecule has 0 amide bonds. The Labute approximate surface area is 130 Å². The summed E-state index contributed by atoms with van der Waals surface area (Å²) in [4.78, 5) is 12.8. The number of aliphatic carboxylic acids is 1. The lowest BCUT2D eigenvalue weighted by Gasteiger charge is -2.31. The van der Waals surface area contributed by atoms with Gasteiger partial charge in [0.2, 0.25) is 0 Å². The predicted octanol–water partition coefficient (Wildman–Crippen LogP) is 2.41. The molecule has 1 unspecified atom stereocenters. The Kier molecular flexibility index (Phi) is 4.07. The first kappa shape index (κ1) is 14.9. The number of carbonyl (C=O) groups is 1. The van der Waals surface area contributed by atoms with E-state index in [-0.39, 0.29) is 12.0 Å². The fourth-order valence-electron chi connectivity index (χ4n) is 3.04. The minimum atomic E-state index is -0.757. The molecule has 1 N–H and O–H groups in total. The zero-order chi connectivity index (χ0) is 15.6. The molecule has 118 valence electrons. The van der Waals surface area contributed by atoms with Gasteiger partial charge >= 0.3 is 5.97 Å². The second-order valence-electron chi connectivity index (χ2n) is 5.80. The van der Waals surface area contributed by atoms with Crippen LogP contribution in [0.15, 0.2) is 24.3 Å². The number of carboxylic acids is 1. The van der Waals surface area contributed by atoms with E-state index in [1.165, 1.54) is 0 Å². The molecule has 0 aliphatic carbocycles. The van der Waals surface area contributed by atoms with Gasteiger partial charge in [-0.3, -0.25) is 9.69 Å². The van der Waals surface area contributed by atoms with E-state index in [0.717, 1.165) is 36.6 Å². The molecule has 1 atom stereocenters. The largest absolute Gasteiger partial charge is 0.494 e. The van der Waals surface area contributed by atoms with Crippen molar-refractivity contribution >= 4 is 12.0 Å². The van der Waals surface area contributed by atoms with Crippen molar-refractivity contribution in [3.8, 4) is 11.5 Å². The Bertz CT molecular complexity index is 598. The van der Waals surface area contributed by atoms with Gasteiger partial charge in [0.15, 0.2) is 0 Å². The SMILES string of the molecule is CCOc1ccc2c(c1)OC1(C=C2)CCN(CCC(=O)O)C1. The smallest absolute Gasteiger partial charge is 0.304 e. The van der Waals surface area contributed by atoms with Crippen molar-refractivity contribution in [3.05, 3.63) is 29.8 Å². The van der Waals surface area contributed by atoms with E-state index >= 15 is 0 Å². The van der Waals surface area contributed by atoms with E-state index in [2.05, 4.69) is 17.1 Å². The highest BCUT2D eigenvalue weighted by Crippen LogP contribution is 2.38. The van der Waals surface area contributed by atoms with Crippen molar-refractivity contribution in [3.63, 3.8) is 0 Å². The maximum absolute atomic E-state index is 10.7. The molecule has 1 spiro atoms. The second kappa shape index (κ2) is 6.01. The first-order valence-electron chi connectivity index (χ1n) is 7.69. The van der Waals surface area contributed by atoms with E-state index in [1.54, 1.807) is 0 Å². The van der Waals surface area contributed by atoms with Crippen molar-refractivity contribution in [1.82, 2.24) is 4.90 Å². The van der Waals surface area contributed by atoms with E-state index in [4.69, 9.17) is 14.6 Å². The molecule has 0 saturated carbocycles. The number of benzene rings is 1. The van der Waals surface area contributed by atoms with Gasteiger partial charge in [0.25, 0.3) is 0 Å². The van der Waals surface area contributed by atoms with Gasteiger partial charge in [-0.2, -0.15) is 0 Å². The third-order valence-corrected chi connectivity index (χ3v) is 4.16. The fraction of sp³-hybridized carbons (Fsp3) is 0.471. The van der Waals surface area contributed by atoms with Crippen molar-refractivity contribution in [2.45, 2.75) is 25.4 Å². The lowest BCUT2D eigenvalue weighted by Crippen LogP contribution is -2.39. The van der Waals surface area contributed by atoms with Crippen LogP contribution in [0.2, 0.25) is 0 Å². The molecule has 0 bridgehead atoms. The van der Waals surface area contributed by atoms with Crippen molar-refractivity contribution < 1.29 is 19.4 Å². The highest BCUT2D eigenvalue weighted by Gasteiger charge is 2.40. The number of likely N-dealkylation sites (tertiary alicyclic amines) is 1. The topological polar surface area (TPSA) is 59.0 Å². The van der Waals surface area contributed by atoms with E-state index in [9.17, 15) is 4.79 Å². The number of rotatable bonds is 5. The quantitative estimate of drug-likeness (QED) is 0.905. The second-order valence-corrected chi connectivity index (χ2v) is 5.80. The summed E-state index contributed by atoms with van der Waals surface area (Å²) in [7, 11) is 0. The highest BCUT2D eigenvalue weighted by molar-refractivity contribution is 5.67. The van der Waals surface area contributed by atoms with Gasteiger partial charge in [-0.25, -0.2) is 0 Å². The van der Waals surface area contributed by atoms with E-state index in [0.29, 0.717) is 13.2 Å². The minimum Gasteiger partial charge on any atom is -0.494 e. The molecule has 2 aliphatic heterocycles. The summed E-state index contributed by atoms with van der Waals surface area (Å²) in [6.45, 7) is 4.75. The van der Waals surface area contributed by atoms with Crippen LogP contribution in [0.5, 0.6) is 11.5 Å². The van der Waals surface area contributed by atoms with Gasteiger partial charge < -0.3 is 14.6 Å². The molecule has 0 radical (unpaired) electrons. The third-order valence-electron chi connectivity index (χ3n) is 4.16. The van der Waals surface area contributed by atoms with Gasteiger partial charge in [0.05, 0.1) is 13.0 Å².